The van der Waals surface area contributed by atoms with Crippen LogP contribution in [0, 0.1) is 18.6 Å². The summed E-state index contributed by atoms with van der Waals surface area (Å²) in [4.78, 5) is 59.0. The number of aryl methyl sites for hydroxylation is 1. The first-order chi connectivity index (χ1) is 27.9. The number of nitrogens with one attached hydrogen (secondary N) is 4. The van der Waals surface area contributed by atoms with Crippen molar-refractivity contribution >= 4 is 46.8 Å². The summed E-state index contributed by atoms with van der Waals surface area (Å²) < 4.78 is 49.7. The zero-order valence-corrected chi connectivity index (χ0v) is 32.5. The van der Waals surface area contributed by atoms with Crippen molar-refractivity contribution in [2.75, 3.05) is 61.7 Å². The number of hydrogen-bond donors (Lipinski definition) is 4. The summed E-state index contributed by atoms with van der Waals surface area (Å²) in [5.41, 5.74) is 2.36. The van der Waals surface area contributed by atoms with Gasteiger partial charge >= 0.3 is 18.2 Å². The van der Waals surface area contributed by atoms with Crippen LogP contribution in [0.1, 0.15) is 31.9 Å². The Kier molecular flexibility index (Phi) is 15.1. The maximum absolute atomic E-state index is 14.1. The molecule has 2 aliphatic heterocycles. The molecule has 58 heavy (non-hydrogen) atoms. The predicted octanol–water partition coefficient (Wildman–Crippen LogP) is 6.66. The lowest BCUT2D eigenvalue weighted by Gasteiger charge is -2.31. The minimum atomic E-state index is -0.547. The largest absolute Gasteiger partial charge is 0.488 e. The van der Waals surface area contributed by atoms with E-state index in [-0.39, 0.29) is 47.0 Å². The Balaban J connectivity index is 0.000000221. The summed E-state index contributed by atoms with van der Waals surface area (Å²) >= 11 is 0. The summed E-state index contributed by atoms with van der Waals surface area (Å²) in [5.74, 6) is -0.612. The highest BCUT2D eigenvalue weighted by Crippen LogP contribution is 2.27. The van der Waals surface area contributed by atoms with Crippen LogP contribution in [-0.4, -0.2) is 103 Å². The van der Waals surface area contributed by atoms with Gasteiger partial charge in [0.25, 0.3) is 0 Å². The number of urea groups is 2. The van der Waals surface area contributed by atoms with Gasteiger partial charge in [0.15, 0.2) is 0 Å². The van der Waals surface area contributed by atoms with Crippen LogP contribution in [0.25, 0.3) is 0 Å². The summed E-state index contributed by atoms with van der Waals surface area (Å²) in [6, 6.07) is 13.7. The topological polar surface area (TPSA) is 186 Å². The predicted molar refractivity (Wildman–Crippen MR) is 211 cm³/mol. The van der Waals surface area contributed by atoms with Crippen LogP contribution in [0.4, 0.5) is 45.9 Å². The number of piperidine rings is 1. The summed E-state index contributed by atoms with van der Waals surface area (Å²) in [6.45, 7) is 5.09. The van der Waals surface area contributed by atoms with Crippen LogP contribution in [0.15, 0.2) is 79.3 Å². The normalized spacial score (nSPS) is 17.2. The molecule has 0 aliphatic carbocycles. The van der Waals surface area contributed by atoms with E-state index < -0.39 is 29.8 Å². The number of ether oxygens (including phenoxy) is 4. The molecule has 0 spiro atoms. The zero-order valence-electron chi connectivity index (χ0n) is 32.5. The van der Waals surface area contributed by atoms with Crippen LogP contribution in [0.5, 0.6) is 11.5 Å². The molecule has 3 atom stereocenters. The number of carbonyl (C=O) groups is 4. The summed E-state index contributed by atoms with van der Waals surface area (Å²) in [5, 5.41) is 10.4. The van der Waals surface area contributed by atoms with E-state index in [0.717, 1.165) is 18.5 Å². The standard InChI is InChI=1S/C21H25FN4O4.C19H21FN4O4/c1-13-4-5-16(10-23-13)24-21(28)25-17-6-15(22)7-19(8-17)30-20-9-18(12-29-3)26(11-20)14(2)27;1-27-19(26)24-7-3-5-16(12-24)28-17-9-13(20)8-15(10-17)23-18(25)22-14-4-2-6-21-11-14/h4-8,10,18,20H,9,11-12H2,1-3H3,(H2,24,25,28);2,4,6,8-11,16H,3,5,7,12H2,1H3,(H2,22,23,25)/t18-,20+;/m0./s1. The molecule has 1 unspecified atom stereocenters. The number of pyridine rings is 2. The molecule has 2 saturated heterocycles. The van der Waals surface area contributed by atoms with Gasteiger partial charge in [0.1, 0.15) is 35.3 Å². The Morgan fingerprint density at radius 3 is 1.97 bits per heavy atom. The van der Waals surface area contributed by atoms with Crippen molar-refractivity contribution in [1.29, 1.82) is 0 Å². The van der Waals surface area contributed by atoms with E-state index in [4.69, 9.17) is 18.9 Å². The molecule has 4 aromatic rings. The number of halogens is 2. The third-order valence-corrected chi connectivity index (χ3v) is 8.90. The fourth-order valence-corrected chi connectivity index (χ4v) is 6.38. The van der Waals surface area contributed by atoms with Gasteiger partial charge in [-0.1, -0.05) is 0 Å². The Labute approximate surface area is 334 Å². The number of likely N-dealkylation sites (tertiary alicyclic amines) is 2. The maximum atomic E-state index is 14.1. The average Bonchev–Trinajstić information content (AvgIpc) is 3.58. The second-order valence-electron chi connectivity index (χ2n) is 13.5. The first-order valence-electron chi connectivity index (χ1n) is 18.4. The van der Waals surface area contributed by atoms with Gasteiger partial charge in [0.05, 0.1) is 56.6 Å². The molecule has 0 bridgehead atoms. The number of amides is 6. The molecule has 18 heteroatoms. The lowest BCUT2D eigenvalue weighted by molar-refractivity contribution is -0.130. The third kappa shape index (κ3) is 13.0. The van der Waals surface area contributed by atoms with Crippen molar-refractivity contribution in [2.45, 2.75) is 51.4 Å². The molecular formula is C40H46F2N8O8. The number of carbonyl (C=O) groups excluding carboxylic acids is 4. The second kappa shape index (κ2) is 20.6. The molecule has 4 heterocycles. The first-order valence-corrected chi connectivity index (χ1v) is 18.4. The highest BCUT2D eigenvalue weighted by molar-refractivity contribution is 6.00. The van der Waals surface area contributed by atoms with Crippen molar-refractivity contribution in [3.63, 3.8) is 0 Å². The molecular weight excluding hydrogens is 758 g/mol. The zero-order chi connectivity index (χ0) is 41.6. The number of benzene rings is 2. The monoisotopic (exact) mass is 804 g/mol. The van der Waals surface area contributed by atoms with Gasteiger partial charge in [0.2, 0.25) is 5.91 Å². The molecule has 0 saturated carbocycles. The number of aromatic nitrogens is 2. The van der Waals surface area contributed by atoms with Crippen LogP contribution < -0.4 is 30.7 Å². The Bertz CT molecular complexity index is 2030. The van der Waals surface area contributed by atoms with E-state index in [9.17, 15) is 28.0 Å². The Hall–Kier alpha value is -6.56. The lowest BCUT2D eigenvalue weighted by atomic mass is 10.1. The molecule has 4 N–H and O–H groups in total. The smallest absolute Gasteiger partial charge is 0.409 e. The van der Waals surface area contributed by atoms with Crippen molar-refractivity contribution in [3.8, 4) is 11.5 Å². The van der Waals surface area contributed by atoms with Gasteiger partial charge in [-0.25, -0.2) is 23.2 Å². The number of hydrogen-bond acceptors (Lipinski definition) is 10. The van der Waals surface area contributed by atoms with E-state index in [1.54, 1.807) is 47.4 Å². The van der Waals surface area contributed by atoms with Crippen LogP contribution in [0.3, 0.4) is 0 Å². The van der Waals surface area contributed by atoms with Gasteiger partial charge in [-0.05, 0) is 56.2 Å². The van der Waals surface area contributed by atoms with Gasteiger partial charge in [-0.15, -0.1) is 0 Å². The molecule has 2 fully saturated rings. The van der Waals surface area contributed by atoms with Crippen LogP contribution >= 0.6 is 0 Å². The number of rotatable bonds is 10. The van der Waals surface area contributed by atoms with Crippen LogP contribution in [0.2, 0.25) is 0 Å². The number of methoxy groups -OCH3 is 2. The van der Waals surface area contributed by atoms with Gasteiger partial charge in [-0.2, -0.15) is 0 Å². The minimum absolute atomic E-state index is 0.0629. The highest BCUT2D eigenvalue weighted by atomic mass is 19.1. The van der Waals surface area contributed by atoms with Crippen molar-refractivity contribution in [2.24, 2.45) is 0 Å². The van der Waals surface area contributed by atoms with E-state index in [2.05, 4.69) is 31.2 Å². The molecule has 16 nitrogen and oxygen atoms in total. The molecule has 6 amide bonds. The number of nitrogens with zero attached hydrogens (tertiary/aromatic N) is 4. The van der Waals surface area contributed by atoms with E-state index in [0.29, 0.717) is 44.0 Å². The molecule has 2 aliphatic rings. The Morgan fingerprint density at radius 1 is 0.793 bits per heavy atom. The minimum Gasteiger partial charge on any atom is -0.488 e. The molecule has 6 rings (SSSR count). The van der Waals surface area contributed by atoms with Crippen molar-refractivity contribution in [1.82, 2.24) is 19.8 Å². The van der Waals surface area contributed by atoms with Gasteiger partial charge in [-0.3, -0.25) is 14.8 Å². The third-order valence-electron chi connectivity index (χ3n) is 8.90. The summed E-state index contributed by atoms with van der Waals surface area (Å²) in [7, 11) is 2.91. The Morgan fingerprint density at radius 2 is 1.41 bits per heavy atom. The fourth-order valence-electron chi connectivity index (χ4n) is 6.38. The van der Waals surface area contributed by atoms with Gasteiger partial charge < -0.3 is 50.0 Å². The molecule has 0 radical (unpaired) electrons. The lowest BCUT2D eigenvalue weighted by Crippen LogP contribution is -2.44. The van der Waals surface area contributed by atoms with E-state index in [1.807, 2.05) is 6.92 Å². The quantitative estimate of drug-likeness (QED) is 0.135. The highest BCUT2D eigenvalue weighted by Gasteiger charge is 2.35. The summed E-state index contributed by atoms with van der Waals surface area (Å²) in [6.07, 6.45) is 5.69. The molecule has 2 aromatic heterocycles. The van der Waals surface area contributed by atoms with E-state index >= 15 is 0 Å². The SMILES string of the molecule is COC(=O)N1CCCC(Oc2cc(F)cc(NC(=O)Nc3cccnc3)c2)C1.COC[C@@H]1C[C@@H](Oc2cc(F)cc(NC(=O)Nc3ccc(C)nc3)c2)CN1C(C)=O. The van der Waals surface area contributed by atoms with Crippen molar-refractivity contribution in [3.05, 3.63) is 96.6 Å². The fraction of sp³-hybridized carbons (Fsp3) is 0.350. The molecule has 2 aromatic carbocycles. The second-order valence-corrected chi connectivity index (χ2v) is 13.5. The van der Waals surface area contributed by atoms with E-state index in [1.165, 1.54) is 62.8 Å². The van der Waals surface area contributed by atoms with Gasteiger partial charge in [0, 0.05) is 74.5 Å². The van der Waals surface area contributed by atoms with Crippen LogP contribution in [-0.2, 0) is 14.3 Å². The average molecular weight is 805 g/mol. The maximum Gasteiger partial charge on any atom is 0.409 e. The first kappa shape index (κ1) is 42.6. The molecule has 308 valence electrons. The number of anilines is 4. The van der Waals surface area contributed by atoms with Crippen molar-refractivity contribution < 1.29 is 46.9 Å².